The van der Waals surface area contributed by atoms with Crippen molar-refractivity contribution in [1.82, 2.24) is 0 Å². The molecular formula is C22H26N2O3S2. The van der Waals surface area contributed by atoms with E-state index in [9.17, 15) is 4.79 Å². The summed E-state index contributed by atoms with van der Waals surface area (Å²) in [6.45, 7) is 6.39. The number of rotatable bonds is 6. The number of nitrogens with two attached hydrogens (primary N) is 1. The van der Waals surface area contributed by atoms with Crippen LogP contribution in [0.5, 0.6) is 5.75 Å². The first kappa shape index (κ1) is 21.6. The Morgan fingerprint density at radius 2 is 1.69 bits per heavy atom. The number of carbonyl (C=O) groups is 1. The molecule has 29 heavy (non-hydrogen) atoms. The van der Waals surface area contributed by atoms with Gasteiger partial charge in [-0.3, -0.25) is 0 Å². The van der Waals surface area contributed by atoms with Crippen molar-refractivity contribution in [2.75, 3.05) is 18.1 Å². The normalized spacial score (nSPS) is 15.3. The van der Waals surface area contributed by atoms with Crippen molar-refractivity contribution in [2.24, 2.45) is 10.9 Å². The van der Waals surface area contributed by atoms with Crippen LogP contribution in [-0.4, -0.2) is 29.9 Å². The van der Waals surface area contributed by atoms with Gasteiger partial charge in [-0.1, -0.05) is 50.2 Å². The van der Waals surface area contributed by atoms with Crippen molar-refractivity contribution >= 4 is 35.3 Å². The molecule has 1 saturated heterocycles. The summed E-state index contributed by atoms with van der Waals surface area (Å²) in [6.07, 6.45) is 0. The van der Waals surface area contributed by atoms with Gasteiger partial charge in [0.1, 0.15) is 12.4 Å². The first-order chi connectivity index (χ1) is 13.8. The zero-order valence-corrected chi connectivity index (χ0v) is 18.5. The largest absolute Gasteiger partial charge is 0.486 e. The molecule has 154 valence electrons. The Kier molecular flexibility index (Phi) is 7.14. The summed E-state index contributed by atoms with van der Waals surface area (Å²) in [5, 5.41) is 3.68. The Bertz CT molecular complexity index is 853. The second-order valence-electron chi connectivity index (χ2n) is 7.72. The van der Waals surface area contributed by atoms with Gasteiger partial charge >= 0.3 is 5.97 Å². The molecule has 0 spiro atoms. The molecule has 1 heterocycles. The van der Waals surface area contributed by atoms with Crippen LogP contribution in [0.25, 0.3) is 0 Å². The highest BCUT2D eigenvalue weighted by atomic mass is 32.2. The molecule has 1 aliphatic heterocycles. The molecule has 1 aliphatic rings. The van der Waals surface area contributed by atoms with Crippen molar-refractivity contribution in [3.05, 3.63) is 65.2 Å². The van der Waals surface area contributed by atoms with E-state index in [0.717, 1.165) is 5.56 Å². The van der Waals surface area contributed by atoms with Crippen LogP contribution in [0.1, 0.15) is 46.8 Å². The summed E-state index contributed by atoms with van der Waals surface area (Å²) in [4.78, 5) is 17.0. The molecule has 0 aliphatic carbocycles. The van der Waals surface area contributed by atoms with E-state index >= 15 is 0 Å². The van der Waals surface area contributed by atoms with Gasteiger partial charge in [-0.05, 0) is 40.8 Å². The number of hydrogen-bond donors (Lipinski definition) is 1. The Morgan fingerprint density at radius 3 is 2.28 bits per heavy atom. The molecule has 0 bridgehead atoms. The maximum atomic E-state index is 12.1. The van der Waals surface area contributed by atoms with E-state index in [2.05, 4.69) is 38.1 Å². The number of nitrogens with zero attached hydrogens (tertiary/aromatic N) is 1. The van der Waals surface area contributed by atoms with Gasteiger partial charge in [0.2, 0.25) is 0 Å². The quantitative estimate of drug-likeness (QED) is 0.302. The summed E-state index contributed by atoms with van der Waals surface area (Å²) in [7, 11) is 0. The third-order valence-corrected chi connectivity index (χ3v) is 7.50. The zero-order valence-electron chi connectivity index (χ0n) is 16.9. The van der Waals surface area contributed by atoms with Crippen LogP contribution in [0.4, 0.5) is 0 Å². The average molecular weight is 431 g/mol. The van der Waals surface area contributed by atoms with E-state index < -0.39 is 5.97 Å². The lowest BCUT2D eigenvalue weighted by atomic mass is 9.87. The Labute approximate surface area is 180 Å². The van der Waals surface area contributed by atoms with E-state index in [4.69, 9.17) is 15.3 Å². The van der Waals surface area contributed by atoms with E-state index in [-0.39, 0.29) is 17.9 Å². The Balaban J connectivity index is 1.49. The fraction of sp³-hybridized carbons (Fsp3) is 0.364. The Hall–Kier alpha value is -2.12. The highest BCUT2D eigenvalue weighted by Gasteiger charge is 2.18. The Morgan fingerprint density at radius 1 is 1.07 bits per heavy atom. The lowest BCUT2D eigenvalue weighted by Crippen LogP contribution is -2.22. The molecule has 2 aromatic rings. The van der Waals surface area contributed by atoms with Crippen molar-refractivity contribution in [2.45, 2.75) is 30.8 Å². The third kappa shape index (κ3) is 6.18. The molecule has 7 heteroatoms. The van der Waals surface area contributed by atoms with Crippen LogP contribution in [0.3, 0.4) is 0 Å². The van der Waals surface area contributed by atoms with Crippen molar-refractivity contribution in [1.29, 1.82) is 0 Å². The van der Waals surface area contributed by atoms with Gasteiger partial charge in [-0.2, -0.15) is 0 Å². The molecule has 0 unspecified atom stereocenters. The first-order valence-electron chi connectivity index (χ1n) is 9.43. The van der Waals surface area contributed by atoms with Gasteiger partial charge in [0.15, 0.2) is 5.84 Å². The molecule has 0 atom stereocenters. The molecule has 0 radical (unpaired) electrons. The maximum Gasteiger partial charge on any atom is 0.365 e. The van der Waals surface area contributed by atoms with Gasteiger partial charge in [-0.25, -0.2) is 4.79 Å². The number of amidine groups is 1. The van der Waals surface area contributed by atoms with Gasteiger partial charge in [0, 0.05) is 11.5 Å². The topological polar surface area (TPSA) is 73.9 Å². The minimum atomic E-state index is -0.552. The highest BCUT2D eigenvalue weighted by Crippen LogP contribution is 2.45. The van der Waals surface area contributed by atoms with E-state index in [1.54, 1.807) is 12.1 Å². The SMILES string of the molecule is CC(C)(C)c1ccc(C(=O)O/N=C(\N)COc2ccc(C3SCCS3)cc2)cc1. The first-order valence-corrected chi connectivity index (χ1v) is 11.5. The van der Waals surface area contributed by atoms with Crippen LogP contribution in [0, 0.1) is 0 Å². The van der Waals surface area contributed by atoms with E-state index in [1.807, 2.05) is 47.8 Å². The van der Waals surface area contributed by atoms with Crippen molar-refractivity contribution in [3.8, 4) is 5.75 Å². The summed E-state index contributed by atoms with van der Waals surface area (Å²) >= 11 is 3.93. The van der Waals surface area contributed by atoms with Gasteiger partial charge in [-0.15, -0.1) is 23.5 Å². The average Bonchev–Trinajstić information content (AvgIpc) is 3.25. The number of hydrogen-bond acceptors (Lipinski definition) is 6. The standard InChI is InChI=1S/C22H26N2O3S2/c1-22(2,3)17-8-4-15(5-9-17)20(25)27-24-19(23)14-26-18-10-6-16(7-11-18)21-28-12-13-29-21/h4-11,21H,12-14H2,1-3H3,(H2,23,24). The van der Waals surface area contributed by atoms with E-state index in [0.29, 0.717) is 15.9 Å². The summed E-state index contributed by atoms with van der Waals surface area (Å²) in [5.74, 6) is 2.63. The number of ether oxygens (including phenoxy) is 1. The summed E-state index contributed by atoms with van der Waals surface area (Å²) in [5.41, 5.74) is 8.68. The molecule has 3 rings (SSSR count). The smallest absolute Gasteiger partial charge is 0.365 e. The van der Waals surface area contributed by atoms with E-state index in [1.165, 1.54) is 17.1 Å². The third-order valence-electron chi connectivity index (χ3n) is 4.39. The number of oxime groups is 1. The predicted octanol–water partition coefficient (Wildman–Crippen LogP) is 4.97. The maximum absolute atomic E-state index is 12.1. The van der Waals surface area contributed by atoms with Crippen LogP contribution in [0.15, 0.2) is 53.7 Å². The lowest BCUT2D eigenvalue weighted by Gasteiger charge is -2.18. The highest BCUT2D eigenvalue weighted by molar-refractivity contribution is 8.19. The molecule has 1 fully saturated rings. The fourth-order valence-electron chi connectivity index (χ4n) is 2.71. The number of benzene rings is 2. The zero-order chi connectivity index (χ0) is 20.9. The van der Waals surface area contributed by atoms with Crippen LogP contribution < -0.4 is 10.5 Å². The van der Waals surface area contributed by atoms with Gasteiger partial charge < -0.3 is 15.3 Å². The minimum absolute atomic E-state index is 0.0231. The second kappa shape index (κ2) is 9.59. The number of thioether (sulfide) groups is 2. The molecule has 0 amide bonds. The lowest BCUT2D eigenvalue weighted by molar-refractivity contribution is 0.0513. The predicted molar refractivity (Wildman–Crippen MR) is 122 cm³/mol. The van der Waals surface area contributed by atoms with Crippen LogP contribution >= 0.6 is 23.5 Å². The van der Waals surface area contributed by atoms with Crippen LogP contribution in [0.2, 0.25) is 0 Å². The molecule has 5 nitrogen and oxygen atoms in total. The fourth-order valence-corrected chi connectivity index (χ4v) is 5.57. The molecule has 2 aromatic carbocycles. The minimum Gasteiger partial charge on any atom is -0.486 e. The summed E-state index contributed by atoms with van der Waals surface area (Å²) < 4.78 is 6.12. The van der Waals surface area contributed by atoms with Gasteiger partial charge in [0.05, 0.1) is 10.1 Å². The molecule has 0 saturated carbocycles. The van der Waals surface area contributed by atoms with Gasteiger partial charge in [0.25, 0.3) is 0 Å². The molecule has 0 aromatic heterocycles. The molecule has 2 N–H and O–H groups in total. The number of carbonyl (C=O) groups excluding carboxylic acids is 1. The molecular weight excluding hydrogens is 404 g/mol. The van der Waals surface area contributed by atoms with Crippen LogP contribution in [-0.2, 0) is 10.3 Å². The monoisotopic (exact) mass is 430 g/mol. The second-order valence-corrected chi connectivity index (χ2v) is 10.4. The van der Waals surface area contributed by atoms with Crippen molar-refractivity contribution in [3.63, 3.8) is 0 Å². The summed E-state index contributed by atoms with van der Waals surface area (Å²) in [6, 6.07) is 15.3. The van der Waals surface area contributed by atoms with Crippen molar-refractivity contribution < 1.29 is 14.4 Å².